The molecular weight excluding hydrogens is 289 g/mol. The third-order valence-electron chi connectivity index (χ3n) is 4.29. The van der Waals surface area contributed by atoms with Crippen molar-refractivity contribution in [1.29, 1.82) is 0 Å². The van der Waals surface area contributed by atoms with E-state index in [1.54, 1.807) is 0 Å². The van der Waals surface area contributed by atoms with Crippen molar-refractivity contribution in [3.8, 4) is 5.69 Å². The maximum absolute atomic E-state index is 13.8. The van der Waals surface area contributed by atoms with Crippen molar-refractivity contribution in [3.05, 3.63) is 42.2 Å². The van der Waals surface area contributed by atoms with Gasteiger partial charge in [0.1, 0.15) is 5.69 Å². The van der Waals surface area contributed by atoms with Crippen LogP contribution in [0.1, 0.15) is 27.7 Å². The van der Waals surface area contributed by atoms with E-state index in [0.717, 1.165) is 4.68 Å². The van der Waals surface area contributed by atoms with Crippen LogP contribution in [0.25, 0.3) is 5.69 Å². The van der Waals surface area contributed by atoms with Crippen molar-refractivity contribution in [3.63, 3.8) is 0 Å². The summed E-state index contributed by atoms with van der Waals surface area (Å²) in [5.41, 5.74) is -0.571. The van der Waals surface area contributed by atoms with Gasteiger partial charge in [0, 0.05) is 17.9 Å². The molecule has 1 aliphatic rings. The van der Waals surface area contributed by atoms with E-state index >= 15 is 0 Å². The standard InChI is InChI=1S/C15H17BF2N2O2/c1-14(2)15(3,4)22-16(21-14)10-8-19-20(9-10)13-11(17)6-5-7-12(13)18/h5-9H,1-4H3. The summed E-state index contributed by atoms with van der Waals surface area (Å²) >= 11 is 0. The molecule has 0 atom stereocenters. The molecule has 0 radical (unpaired) electrons. The smallest absolute Gasteiger partial charge is 0.399 e. The molecule has 1 aliphatic heterocycles. The molecule has 0 bridgehead atoms. The van der Waals surface area contributed by atoms with Gasteiger partial charge in [-0.05, 0) is 39.8 Å². The van der Waals surface area contributed by atoms with Crippen LogP contribution in [0.15, 0.2) is 30.6 Å². The van der Waals surface area contributed by atoms with Crippen molar-refractivity contribution < 1.29 is 18.1 Å². The quantitative estimate of drug-likeness (QED) is 0.800. The maximum Gasteiger partial charge on any atom is 0.498 e. The zero-order chi connectivity index (χ0) is 16.1. The molecule has 0 aliphatic carbocycles. The van der Waals surface area contributed by atoms with Crippen molar-refractivity contribution in [2.24, 2.45) is 0 Å². The van der Waals surface area contributed by atoms with E-state index in [1.807, 2.05) is 27.7 Å². The van der Waals surface area contributed by atoms with Gasteiger partial charge in [0.05, 0.1) is 11.2 Å². The molecule has 0 amide bonds. The molecule has 1 aromatic heterocycles. The number of para-hydroxylation sites is 1. The fraction of sp³-hybridized carbons (Fsp3) is 0.400. The first kappa shape index (κ1) is 15.2. The first-order valence-electron chi connectivity index (χ1n) is 7.06. The number of aromatic nitrogens is 2. The van der Waals surface area contributed by atoms with E-state index < -0.39 is 30.0 Å². The zero-order valence-electron chi connectivity index (χ0n) is 12.9. The number of rotatable bonds is 2. The van der Waals surface area contributed by atoms with Crippen molar-refractivity contribution >= 4 is 12.6 Å². The lowest BCUT2D eigenvalue weighted by atomic mass is 9.82. The van der Waals surface area contributed by atoms with Crippen LogP contribution >= 0.6 is 0 Å². The molecular formula is C15H17BF2N2O2. The van der Waals surface area contributed by atoms with E-state index in [1.165, 1.54) is 30.6 Å². The van der Waals surface area contributed by atoms with Crippen LogP contribution in [0.3, 0.4) is 0 Å². The minimum atomic E-state index is -0.677. The van der Waals surface area contributed by atoms with Gasteiger partial charge in [-0.15, -0.1) is 0 Å². The average Bonchev–Trinajstić information content (AvgIpc) is 2.93. The van der Waals surface area contributed by atoms with E-state index in [0.29, 0.717) is 5.46 Å². The molecule has 0 saturated carbocycles. The van der Waals surface area contributed by atoms with Crippen LogP contribution in [0.5, 0.6) is 0 Å². The summed E-state index contributed by atoms with van der Waals surface area (Å²) in [7, 11) is -0.617. The van der Waals surface area contributed by atoms with Gasteiger partial charge in [-0.3, -0.25) is 0 Å². The van der Waals surface area contributed by atoms with Gasteiger partial charge in [0.15, 0.2) is 11.6 Å². The van der Waals surface area contributed by atoms with Gasteiger partial charge in [-0.2, -0.15) is 5.10 Å². The second-order valence-electron chi connectivity index (χ2n) is 6.38. The molecule has 0 spiro atoms. The van der Waals surface area contributed by atoms with Gasteiger partial charge < -0.3 is 9.31 Å². The first-order valence-corrected chi connectivity index (χ1v) is 7.06. The molecule has 1 fully saturated rings. The number of hydrogen-bond donors (Lipinski definition) is 0. The largest absolute Gasteiger partial charge is 0.498 e. The second kappa shape index (κ2) is 4.89. The lowest BCUT2D eigenvalue weighted by molar-refractivity contribution is 0.00578. The monoisotopic (exact) mass is 306 g/mol. The fourth-order valence-corrected chi connectivity index (χ4v) is 2.27. The van der Waals surface area contributed by atoms with Crippen molar-refractivity contribution in [1.82, 2.24) is 9.78 Å². The zero-order valence-corrected chi connectivity index (χ0v) is 12.9. The summed E-state index contributed by atoms with van der Waals surface area (Å²) in [5.74, 6) is -1.35. The SMILES string of the molecule is CC1(C)OB(c2cnn(-c3c(F)cccc3F)c2)OC1(C)C. The Morgan fingerprint density at radius 1 is 1.05 bits per heavy atom. The Morgan fingerprint density at radius 3 is 2.14 bits per heavy atom. The number of halogens is 2. The van der Waals surface area contributed by atoms with Crippen LogP contribution in [-0.4, -0.2) is 28.1 Å². The van der Waals surface area contributed by atoms with Gasteiger partial charge in [0.25, 0.3) is 0 Å². The van der Waals surface area contributed by atoms with Gasteiger partial charge >= 0.3 is 7.12 Å². The Bertz CT molecular complexity index is 679. The van der Waals surface area contributed by atoms with E-state index in [4.69, 9.17) is 9.31 Å². The first-order chi connectivity index (χ1) is 10.2. The number of nitrogens with zero attached hydrogens (tertiary/aromatic N) is 2. The summed E-state index contributed by atoms with van der Waals surface area (Å²) in [6.07, 6.45) is 3.01. The Kier molecular flexibility index (Phi) is 3.38. The highest BCUT2D eigenvalue weighted by Gasteiger charge is 2.52. The van der Waals surface area contributed by atoms with Gasteiger partial charge in [-0.1, -0.05) is 6.07 Å². The molecule has 2 heterocycles. The van der Waals surface area contributed by atoms with E-state index in [9.17, 15) is 8.78 Å². The van der Waals surface area contributed by atoms with E-state index in [-0.39, 0.29) is 5.69 Å². The molecule has 1 saturated heterocycles. The number of hydrogen-bond acceptors (Lipinski definition) is 3. The van der Waals surface area contributed by atoms with E-state index in [2.05, 4.69) is 5.10 Å². The second-order valence-corrected chi connectivity index (χ2v) is 6.38. The highest BCUT2D eigenvalue weighted by Crippen LogP contribution is 2.36. The van der Waals surface area contributed by atoms with Crippen LogP contribution < -0.4 is 5.46 Å². The molecule has 4 nitrogen and oxygen atoms in total. The Morgan fingerprint density at radius 2 is 1.59 bits per heavy atom. The summed E-state index contributed by atoms with van der Waals surface area (Å²) in [6.45, 7) is 7.75. The summed E-state index contributed by atoms with van der Waals surface area (Å²) < 4.78 is 40.6. The third-order valence-corrected chi connectivity index (χ3v) is 4.29. The molecule has 22 heavy (non-hydrogen) atoms. The van der Waals surface area contributed by atoms with Crippen molar-refractivity contribution in [2.45, 2.75) is 38.9 Å². The topological polar surface area (TPSA) is 36.3 Å². The third kappa shape index (κ3) is 2.34. The maximum atomic E-state index is 13.8. The van der Waals surface area contributed by atoms with Gasteiger partial charge in [0.2, 0.25) is 0 Å². The Hall–Kier alpha value is -1.73. The molecule has 3 rings (SSSR count). The fourth-order valence-electron chi connectivity index (χ4n) is 2.27. The molecule has 116 valence electrons. The molecule has 0 unspecified atom stereocenters. The number of benzene rings is 1. The molecule has 2 aromatic rings. The normalized spacial score (nSPS) is 19.6. The summed E-state index contributed by atoms with van der Waals surface area (Å²) in [6, 6.07) is 3.69. The average molecular weight is 306 g/mol. The Labute approximate surface area is 128 Å². The predicted molar refractivity (Wildman–Crippen MR) is 79.2 cm³/mol. The minimum absolute atomic E-state index is 0.217. The summed E-state index contributed by atoms with van der Waals surface area (Å²) in [4.78, 5) is 0. The minimum Gasteiger partial charge on any atom is -0.399 e. The van der Waals surface area contributed by atoms with Gasteiger partial charge in [-0.25, -0.2) is 13.5 Å². The van der Waals surface area contributed by atoms with Crippen LogP contribution in [0, 0.1) is 11.6 Å². The lowest BCUT2D eigenvalue weighted by Crippen LogP contribution is -2.41. The molecule has 7 heteroatoms. The Balaban J connectivity index is 1.93. The molecule has 0 N–H and O–H groups in total. The van der Waals surface area contributed by atoms with Crippen molar-refractivity contribution in [2.75, 3.05) is 0 Å². The summed E-state index contributed by atoms with van der Waals surface area (Å²) in [5, 5.41) is 4.02. The highest BCUT2D eigenvalue weighted by atomic mass is 19.1. The highest BCUT2D eigenvalue weighted by molar-refractivity contribution is 6.62. The lowest BCUT2D eigenvalue weighted by Gasteiger charge is -2.32. The van der Waals surface area contributed by atoms with Crippen LogP contribution in [-0.2, 0) is 9.31 Å². The van der Waals surface area contributed by atoms with Crippen LogP contribution in [0.2, 0.25) is 0 Å². The molecule has 1 aromatic carbocycles. The van der Waals surface area contributed by atoms with Crippen LogP contribution in [0.4, 0.5) is 8.78 Å². The predicted octanol–water partition coefficient (Wildman–Crippen LogP) is 2.45.